The lowest BCUT2D eigenvalue weighted by Gasteiger charge is -2.28. The van der Waals surface area contributed by atoms with Gasteiger partial charge in [0.1, 0.15) is 6.04 Å². The minimum absolute atomic E-state index is 0.00312. The molecule has 0 radical (unpaired) electrons. The van der Waals surface area contributed by atoms with Gasteiger partial charge < -0.3 is 30.9 Å². The van der Waals surface area contributed by atoms with Crippen LogP contribution in [-0.4, -0.2) is 72.7 Å². The van der Waals surface area contributed by atoms with Crippen LogP contribution in [0.2, 0.25) is 0 Å². The Morgan fingerprint density at radius 3 is 2.19 bits per heavy atom. The van der Waals surface area contributed by atoms with Crippen LogP contribution >= 0.6 is 0 Å². The highest BCUT2D eigenvalue weighted by Crippen LogP contribution is 2.28. The topological polar surface area (TPSA) is 171 Å². The maximum absolute atomic E-state index is 12.5. The highest BCUT2D eigenvalue weighted by molar-refractivity contribution is 5.85. The number of carbonyl (C=O) groups excluding carboxylic acids is 3. The summed E-state index contributed by atoms with van der Waals surface area (Å²) < 4.78 is 4.83. The van der Waals surface area contributed by atoms with E-state index in [-0.39, 0.29) is 55.2 Å². The Morgan fingerprint density at radius 2 is 1.59 bits per heavy atom. The number of carbonyl (C=O) groups is 5. The zero-order chi connectivity index (χ0) is 23.9. The molecule has 11 heteroatoms. The molecule has 0 aliphatic heterocycles. The normalized spacial score (nSPS) is 18.9. The first-order valence-electron chi connectivity index (χ1n) is 11.0. The number of hydrogen-bond acceptors (Lipinski definition) is 6. The van der Waals surface area contributed by atoms with Crippen LogP contribution in [0.5, 0.6) is 0 Å². The lowest BCUT2D eigenvalue weighted by molar-refractivity contribution is -0.143. The highest BCUT2D eigenvalue weighted by Gasteiger charge is 2.29. The van der Waals surface area contributed by atoms with E-state index in [1.807, 2.05) is 0 Å². The van der Waals surface area contributed by atoms with Gasteiger partial charge in [-0.3, -0.25) is 19.2 Å². The van der Waals surface area contributed by atoms with Crippen LogP contribution in [0.3, 0.4) is 0 Å². The van der Waals surface area contributed by atoms with Gasteiger partial charge in [0.25, 0.3) is 0 Å². The standard InChI is InChI=1S/C21H35N3O8/c1-32-12-11-22-18(26)10-9-16(21(30)31)24-20(29)15-7-5-14(6-8-15)13-23-17(25)3-2-4-19(27)28/h14-16H,2-13H2,1H3,(H,22,26)(H,23,25)(H,24,29)(H,27,28)(H,30,31). The Hall–Kier alpha value is -2.69. The molecule has 0 saturated heterocycles. The Bertz CT molecular complexity index is 647. The Kier molecular flexibility index (Phi) is 13.0. The molecule has 11 nitrogen and oxygen atoms in total. The van der Waals surface area contributed by atoms with Gasteiger partial charge in [-0.2, -0.15) is 0 Å². The number of ether oxygens (including phenoxy) is 1. The van der Waals surface area contributed by atoms with E-state index in [9.17, 15) is 29.1 Å². The van der Waals surface area contributed by atoms with Crippen molar-refractivity contribution >= 4 is 29.7 Å². The first-order valence-corrected chi connectivity index (χ1v) is 11.0. The average Bonchev–Trinajstić information content (AvgIpc) is 2.75. The van der Waals surface area contributed by atoms with Gasteiger partial charge in [0, 0.05) is 45.4 Å². The molecule has 1 saturated carbocycles. The van der Waals surface area contributed by atoms with E-state index in [0.717, 1.165) is 12.8 Å². The molecule has 0 aromatic carbocycles. The molecule has 3 amide bonds. The summed E-state index contributed by atoms with van der Waals surface area (Å²) in [5.74, 6) is -2.97. The fraction of sp³-hybridized carbons (Fsp3) is 0.762. The van der Waals surface area contributed by atoms with Gasteiger partial charge in [-0.05, 0) is 44.4 Å². The molecule has 1 fully saturated rings. The second-order valence-electron chi connectivity index (χ2n) is 8.05. The van der Waals surface area contributed by atoms with Crippen LogP contribution in [0, 0.1) is 11.8 Å². The van der Waals surface area contributed by atoms with Crippen molar-refractivity contribution in [3.05, 3.63) is 0 Å². The Morgan fingerprint density at radius 1 is 0.938 bits per heavy atom. The highest BCUT2D eigenvalue weighted by atomic mass is 16.5. The van der Waals surface area contributed by atoms with Gasteiger partial charge in [0.05, 0.1) is 6.61 Å². The molecule has 1 rings (SSSR count). The fourth-order valence-corrected chi connectivity index (χ4v) is 3.58. The van der Waals surface area contributed by atoms with Gasteiger partial charge in [-0.1, -0.05) is 0 Å². The first kappa shape index (κ1) is 27.3. The lowest BCUT2D eigenvalue weighted by atomic mass is 9.81. The van der Waals surface area contributed by atoms with E-state index in [4.69, 9.17) is 9.84 Å². The molecule has 0 heterocycles. The molecule has 1 atom stereocenters. The third-order valence-corrected chi connectivity index (χ3v) is 5.50. The maximum Gasteiger partial charge on any atom is 0.326 e. The van der Waals surface area contributed by atoms with E-state index < -0.39 is 18.0 Å². The summed E-state index contributed by atoms with van der Waals surface area (Å²) in [6.45, 7) is 1.18. The first-order chi connectivity index (χ1) is 15.2. The summed E-state index contributed by atoms with van der Waals surface area (Å²) in [6.07, 6.45) is 3.07. The molecular formula is C21H35N3O8. The molecule has 1 aliphatic carbocycles. The number of rotatable bonds is 15. The average molecular weight is 458 g/mol. The van der Waals surface area contributed by atoms with Gasteiger partial charge in [-0.25, -0.2) is 4.79 Å². The second-order valence-corrected chi connectivity index (χ2v) is 8.05. The van der Waals surface area contributed by atoms with Crippen molar-refractivity contribution in [3.8, 4) is 0 Å². The SMILES string of the molecule is COCCNC(=O)CCC(NC(=O)C1CCC(CNC(=O)CCCC(=O)O)CC1)C(=O)O. The molecule has 32 heavy (non-hydrogen) atoms. The Balaban J connectivity index is 2.32. The quantitative estimate of drug-likeness (QED) is 0.218. The van der Waals surface area contributed by atoms with Crippen LogP contribution in [0.25, 0.3) is 0 Å². The summed E-state index contributed by atoms with van der Waals surface area (Å²) >= 11 is 0. The minimum Gasteiger partial charge on any atom is -0.481 e. The number of aliphatic carboxylic acids is 2. The van der Waals surface area contributed by atoms with Crippen molar-refractivity contribution in [2.75, 3.05) is 26.8 Å². The summed E-state index contributed by atoms with van der Waals surface area (Å²) in [7, 11) is 1.51. The number of amides is 3. The van der Waals surface area contributed by atoms with Crippen LogP contribution < -0.4 is 16.0 Å². The predicted molar refractivity (Wildman–Crippen MR) is 114 cm³/mol. The molecule has 5 N–H and O–H groups in total. The number of methoxy groups -OCH3 is 1. The summed E-state index contributed by atoms with van der Waals surface area (Å²) in [4.78, 5) is 57.9. The number of hydrogen-bond donors (Lipinski definition) is 5. The number of nitrogens with one attached hydrogen (secondary N) is 3. The van der Waals surface area contributed by atoms with Crippen LogP contribution in [-0.2, 0) is 28.7 Å². The smallest absolute Gasteiger partial charge is 0.326 e. The molecular weight excluding hydrogens is 422 g/mol. The number of carboxylic acids is 2. The fourth-order valence-electron chi connectivity index (χ4n) is 3.58. The van der Waals surface area contributed by atoms with Crippen LogP contribution in [0.15, 0.2) is 0 Å². The summed E-state index contributed by atoms with van der Waals surface area (Å²) in [6, 6.07) is -1.13. The van der Waals surface area contributed by atoms with Crippen molar-refractivity contribution in [3.63, 3.8) is 0 Å². The molecule has 0 spiro atoms. The van der Waals surface area contributed by atoms with Crippen LogP contribution in [0.4, 0.5) is 0 Å². The number of carboxylic acid groups (broad SMARTS) is 2. The van der Waals surface area contributed by atoms with Crippen LogP contribution in [0.1, 0.15) is 57.8 Å². The van der Waals surface area contributed by atoms with E-state index in [0.29, 0.717) is 39.0 Å². The van der Waals surface area contributed by atoms with E-state index >= 15 is 0 Å². The van der Waals surface area contributed by atoms with Crippen molar-refractivity contribution < 1.29 is 38.9 Å². The van der Waals surface area contributed by atoms with Gasteiger partial charge in [0.15, 0.2) is 0 Å². The van der Waals surface area contributed by atoms with Crippen molar-refractivity contribution in [1.29, 1.82) is 0 Å². The van der Waals surface area contributed by atoms with Gasteiger partial charge >= 0.3 is 11.9 Å². The third kappa shape index (κ3) is 11.6. The molecule has 0 aromatic rings. The molecule has 182 valence electrons. The zero-order valence-corrected chi connectivity index (χ0v) is 18.6. The molecule has 0 aromatic heterocycles. The van der Waals surface area contributed by atoms with Crippen molar-refractivity contribution in [2.24, 2.45) is 11.8 Å². The second kappa shape index (κ2) is 15.2. The van der Waals surface area contributed by atoms with Gasteiger partial charge in [-0.15, -0.1) is 0 Å². The third-order valence-electron chi connectivity index (χ3n) is 5.50. The lowest BCUT2D eigenvalue weighted by Crippen LogP contribution is -2.45. The van der Waals surface area contributed by atoms with Crippen molar-refractivity contribution in [1.82, 2.24) is 16.0 Å². The monoisotopic (exact) mass is 457 g/mol. The predicted octanol–water partition coefficient (Wildman–Crippen LogP) is 0.276. The van der Waals surface area contributed by atoms with E-state index in [1.165, 1.54) is 7.11 Å². The summed E-state index contributed by atoms with van der Waals surface area (Å²) in [5.41, 5.74) is 0. The van der Waals surface area contributed by atoms with E-state index in [2.05, 4.69) is 16.0 Å². The minimum atomic E-state index is -1.18. The molecule has 1 unspecified atom stereocenters. The van der Waals surface area contributed by atoms with E-state index in [1.54, 1.807) is 0 Å². The maximum atomic E-state index is 12.5. The molecule has 0 bridgehead atoms. The Labute approximate surface area is 187 Å². The van der Waals surface area contributed by atoms with Gasteiger partial charge in [0.2, 0.25) is 17.7 Å². The largest absolute Gasteiger partial charge is 0.481 e. The van der Waals surface area contributed by atoms with Crippen molar-refractivity contribution in [2.45, 2.75) is 63.8 Å². The summed E-state index contributed by atoms with van der Waals surface area (Å²) in [5, 5.41) is 25.9. The molecule has 1 aliphatic rings. The zero-order valence-electron chi connectivity index (χ0n) is 18.6.